The number of amides is 1. The van der Waals surface area contributed by atoms with Crippen molar-refractivity contribution in [2.45, 2.75) is 51.1 Å². The van der Waals surface area contributed by atoms with E-state index >= 15 is 0 Å². The zero-order chi connectivity index (χ0) is 18.6. The van der Waals surface area contributed by atoms with Crippen LogP contribution in [0.25, 0.3) is 0 Å². The van der Waals surface area contributed by atoms with Crippen molar-refractivity contribution in [2.75, 3.05) is 31.1 Å². The van der Waals surface area contributed by atoms with Crippen LogP contribution in [0.5, 0.6) is 0 Å². The van der Waals surface area contributed by atoms with Crippen LogP contribution in [0.2, 0.25) is 0 Å². The van der Waals surface area contributed by atoms with E-state index in [9.17, 15) is 18.0 Å². The maximum Gasteiger partial charge on any atom is 0.416 e. The summed E-state index contributed by atoms with van der Waals surface area (Å²) in [6.07, 6.45) is 3.76. The molecule has 1 saturated heterocycles. The highest BCUT2D eigenvalue weighted by Gasteiger charge is 2.30. The van der Waals surface area contributed by atoms with Gasteiger partial charge in [-0.15, -0.1) is 0 Å². The summed E-state index contributed by atoms with van der Waals surface area (Å²) in [7, 11) is 0. The van der Waals surface area contributed by atoms with Crippen LogP contribution in [0.15, 0.2) is 24.3 Å². The van der Waals surface area contributed by atoms with Crippen molar-refractivity contribution in [1.82, 2.24) is 4.90 Å². The maximum absolute atomic E-state index is 12.7. The van der Waals surface area contributed by atoms with Crippen LogP contribution in [0, 0.1) is 5.92 Å². The standard InChI is InChI=1S/C20H27F3N2O/c21-20(22,23)17-7-9-18(10-8-17)24-12-14-25(15-13-24)19(26)11-6-16-4-2-1-3-5-16/h7-10,16H,1-6,11-15H2. The fourth-order valence-corrected chi connectivity index (χ4v) is 4.04. The average Bonchev–Trinajstić information content (AvgIpc) is 2.66. The lowest BCUT2D eigenvalue weighted by Gasteiger charge is -2.36. The first kappa shape index (κ1) is 19.1. The number of hydrogen-bond donors (Lipinski definition) is 0. The van der Waals surface area contributed by atoms with E-state index in [4.69, 9.17) is 0 Å². The van der Waals surface area contributed by atoms with E-state index in [1.165, 1.54) is 44.2 Å². The summed E-state index contributed by atoms with van der Waals surface area (Å²) in [4.78, 5) is 16.4. The number of anilines is 1. The lowest BCUT2D eigenvalue weighted by atomic mass is 9.86. The molecular weight excluding hydrogens is 341 g/mol. The minimum absolute atomic E-state index is 0.225. The normalized spacial score (nSPS) is 19.7. The molecule has 1 aromatic rings. The van der Waals surface area contributed by atoms with Crippen molar-refractivity contribution in [3.63, 3.8) is 0 Å². The number of nitrogens with zero attached hydrogens (tertiary/aromatic N) is 2. The molecule has 1 heterocycles. The highest BCUT2D eigenvalue weighted by molar-refractivity contribution is 5.76. The molecule has 144 valence electrons. The molecule has 2 fully saturated rings. The van der Waals surface area contributed by atoms with Crippen molar-refractivity contribution in [3.05, 3.63) is 29.8 Å². The Hall–Kier alpha value is -1.72. The Balaban J connectivity index is 1.45. The summed E-state index contributed by atoms with van der Waals surface area (Å²) in [5.74, 6) is 0.934. The van der Waals surface area contributed by atoms with Crippen LogP contribution < -0.4 is 4.90 Å². The van der Waals surface area contributed by atoms with Gasteiger partial charge in [-0.1, -0.05) is 32.1 Å². The summed E-state index contributed by atoms with van der Waals surface area (Å²) < 4.78 is 38.0. The highest BCUT2D eigenvalue weighted by atomic mass is 19.4. The first-order chi connectivity index (χ1) is 12.4. The van der Waals surface area contributed by atoms with E-state index in [1.807, 2.05) is 9.80 Å². The minimum Gasteiger partial charge on any atom is -0.368 e. The topological polar surface area (TPSA) is 23.6 Å². The first-order valence-electron chi connectivity index (χ1n) is 9.63. The van der Waals surface area contributed by atoms with Gasteiger partial charge >= 0.3 is 6.18 Å². The van der Waals surface area contributed by atoms with E-state index in [0.29, 0.717) is 38.5 Å². The molecule has 1 aliphatic carbocycles. The van der Waals surface area contributed by atoms with Crippen LogP contribution in [0.3, 0.4) is 0 Å². The van der Waals surface area contributed by atoms with Crippen molar-refractivity contribution in [3.8, 4) is 0 Å². The molecule has 1 amide bonds. The first-order valence-corrected chi connectivity index (χ1v) is 9.63. The third-order valence-electron chi connectivity index (χ3n) is 5.68. The smallest absolute Gasteiger partial charge is 0.368 e. The fourth-order valence-electron chi connectivity index (χ4n) is 4.04. The predicted molar refractivity (Wildman–Crippen MR) is 96.0 cm³/mol. The largest absolute Gasteiger partial charge is 0.416 e. The maximum atomic E-state index is 12.7. The van der Waals surface area contributed by atoms with Crippen LogP contribution in [0.1, 0.15) is 50.5 Å². The second kappa shape index (κ2) is 8.31. The van der Waals surface area contributed by atoms with Gasteiger partial charge < -0.3 is 9.80 Å². The van der Waals surface area contributed by atoms with Crippen LogP contribution in [-0.2, 0) is 11.0 Å². The number of halogens is 3. The molecule has 0 spiro atoms. The van der Waals surface area contributed by atoms with Crippen LogP contribution in [-0.4, -0.2) is 37.0 Å². The zero-order valence-electron chi connectivity index (χ0n) is 15.1. The average molecular weight is 368 g/mol. The van der Waals surface area contributed by atoms with Crippen LogP contribution >= 0.6 is 0 Å². The van der Waals surface area contributed by atoms with Gasteiger partial charge in [0.05, 0.1) is 5.56 Å². The fraction of sp³-hybridized carbons (Fsp3) is 0.650. The molecule has 3 nitrogen and oxygen atoms in total. The quantitative estimate of drug-likeness (QED) is 0.768. The van der Waals surface area contributed by atoms with Gasteiger partial charge in [-0.3, -0.25) is 4.79 Å². The van der Waals surface area contributed by atoms with E-state index in [-0.39, 0.29) is 5.91 Å². The Morgan fingerprint density at radius 2 is 1.58 bits per heavy atom. The lowest BCUT2D eigenvalue weighted by molar-refractivity contribution is -0.137. The molecule has 1 saturated carbocycles. The van der Waals surface area contributed by atoms with Gasteiger partial charge in [0.1, 0.15) is 0 Å². The second-order valence-electron chi connectivity index (χ2n) is 7.46. The van der Waals surface area contributed by atoms with E-state index < -0.39 is 11.7 Å². The summed E-state index contributed by atoms with van der Waals surface area (Å²) >= 11 is 0. The Bertz CT molecular complexity index is 586. The number of benzene rings is 1. The summed E-state index contributed by atoms with van der Waals surface area (Å²) in [5.41, 5.74) is 0.157. The van der Waals surface area contributed by atoms with Crippen molar-refractivity contribution in [2.24, 2.45) is 5.92 Å². The van der Waals surface area contributed by atoms with E-state index in [0.717, 1.165) is 24.2 Å². The molecular formula is C20H27F3N2O. The predicted octanol–water partition coefficient (Wildman–Crippen LogP) is 4.71. The second-order valence-corrected chi connectivity index (χ2v) is 7.46. The van der Waals surface area contributed by atoms with Gasteiger partial charge in [-0.2, -0.15) is 13.2 Å². The Morgan fingerprint density at radius 3 is 2.15 bits per heavy atom. The van der Waals surface area contributed by atoms with Crippen LogP contribution in [0.4, 0.5) is 18.9 Å². The monoisotopic (exact) mass is 368 g/mol. The van der Waals surface area contributed by atoms with Gasteiger partial charge in [0.2, 0.25) is 5.91 Å². The summed E-state index contributed by atoms with van der Waals surface area (Å²) in [6.45, 7) is 2.62. The highest BCUT2D eigenvalue weighted by Crippen LogP contribution is 2.31. The van der Waals surface area contributed by atoms with Crippen molar-refractivity contribution < 1.29 is 18.0 Å². The molecule has 1 aromatic carbocycles. The molecule has 0 aromatic heterocycles. The number of alkyl halides is 3. The van der Waals surface area contributed by atoms with Gasteiger partial charge in [-0.25, -0.2) is 0 Å². The lowest BCUT2D eigenvalue weighted by Crippen LogP contribution is -2.48. The Labute approximate surface area is 153 Å². The van der Waals surface area contributed by atoms with Gasteiger partial charge in [0.15, 0.2) is 0 Å². The molecule has 0 bridgehead atoms. The Morgan fingerprint density at radius 1 is 0.962 bits per heavy atom. The van der Waals surface area contributed by atoms with Gasteiger partial charge in [0.25, 0.3) is 0 Å². The summed E-state index contributed by atoms with van der Waals surface area (Å²) in [5, 5.41) is 0. The zero-order valence-corrected chi connectivity index (χ0v) is 15.1. The van der Waals surface area contributed by atoms with Gasteiger partial charge in [0, 0.05) is 38.3 Å². The summed E-state index contributed by atoms with van der Waals surface area (Å²) in [6, 6.07) is 5.28. The van der Waals surface area contributed by atoms with E-state index in [2.05, 4.69) is 0 Å². The number of rotatable bonds is 4. The molecule has 2 aliphatic rings. The molecule has 0 radical (unpaired) electrons. The van der Waals surface area contributed by atoms with Gasteiger partial charge in [-0.05, 0) is 36.6 Å². The molecule has 1 aliphatic heterocycles. The number of carbonyl (C=O) groups is 1. The van der Waals surface area contributed by atoms with E-state index in [1.54, 1.807) is 0 Å². The third-order valence-corrected chi connectivity index (χ3v) is 5.68. The number of piperazine rings is 1. The molecule has 3 rings (SSSR count). The SMILES string of the molecule is O=C(CCC1CCCCC1)N1CCN(c2ccc(C(F)(F)F)cc2)CC1. The number of hydrogen-bond acceptors (Lipinski definition) is 2. The number of carbonyl (C=O) groups excluding carboxylic acids is 1. The van der Waals surface area contributed by atoms with Crippen molar-refractivity contribution >= 4 is 11.6 Å². The van der Waals surface area contributed by atoms with Crippen molar-refractivity contribution in [1.29, 1.82) is 0 Å². The molecule has 0 N–H and O–H groups in total. The molecule has 0 atom stereocenters. The Kier molecular flexibility index (Phi) is 6.09. The molecule has 0 unspecified atom stereocenters. The molecule has 6 heteroatoms. The third kappa shape index (κ3) is 4.92. The molecule has 26 heavy (non-hydrogen) atoms. The minimum atomic E-state index is -4.30.